The molecular weight excluding hydrogens is 430 g/mol. The predicted molar refractivity (Wildman–Crippen MR) is 96.3 cm³/mol. The minimum Gasteiger partial charge on any atom is -0.293 e. The zero-order valence-electron chi connectivity index (χ0n) is 10.9. The fourth-order valence-electron chi connectivity index (χ4n) is 1.67. The topological polar surface area (TPSA) is 34.1 Å². The summed E-state index contributed by atoms with van der Waals surface area (Å²) in [5, 5.41) is 0.900. The fraction of sp³-hybridized carbons (Fsp3) is 0.231. The van der Waals surface area contributed by atoms with E-state index in [1.54, 1.807) is 6.92 Å². The first kappa shape index (κ1) is 18.5. The van der Waals surface area contributed by atoms with Crippen LogP contribution in [0.4, 0.5) is 0 Å². The summed E-state index contributed by atoms with van der Waals surface area (Å²) in [5.41, 5.74) is 0. The minimum absolute atomic E-state index is 0.00335. The van der Waals surface area contributed by atoms with Crippen molar-refractivity contribution < 1.29 is 9.59 Å². The van der Waals surface area contributed by atoms with E-state index in [4.69, 9.17) is 58.0 Å². The summed E-state index contributed by atoms with van der Waals surface area (Å²) in [5.74, 6) is -0.518. The van der Waals surface area contributed by atoms with Crippen molar-refractivity contribution >= 4 is 92.2 Å². The van der Waals surface area contributed by atoms with Gasteiger partial charge in [-0.05, 0) is 6.92 Å². The van der Waals surface area contributed by atoms with Gasteiger partial charge in [0, 0.05) is 17.7 Å². The third-order valence-electron chi connectivity index (χ3n) is 2.80. The van der Waals surface area contributed by atoms with E-state index in [1.165, 1.54) is 11.3 Å². The maximum atomic E-state index is 12.2. The molecule has 2 rings (SSSR count). The van der Waals surface area contributed by atoms with Crippen LogP contribution in [-0.4, -0.2) is 11.6 Å². The smallest absolute Gasteiger partial charge is 0.174 e. The Balaban J connectivity index is 2.09. The molecule has 0 fully saturated rings. The summed E-state index contributed by atoms with van der Waals surface area (Å²) in [4.78, 5) is 25.7. The molecule has 2 aromatic heterocycles. The van der Waals surface area contributed by atoms with Crippen molar-refractivity contribution in [1.29, 1.82) is 0 Å². The van der Waals surface area contributed by atoms with Crippen LogP contribution in [-0.2, 0) is 0 Å². The minimum atomic E-state index is -0.285. The third-order valence-corrected chi connectivity index (χ3v) is 7.73. The molecule has 0 spiro atoms. The zero-order valence-corrected chi connectivity index (χ0v) is 16.3. The number of Topliss-reactive ketones (excluding diaryl/α,β-unsaturated/α-hetero) is 2. The van der Waals surface area contributed by atoms with Crippen LogP contribution >= 0.6 is 80.7 Å². The van der Waals surface area contributed by atoms with Crippen LogP contribution in [0.5, 0.6) is 0 Å². The molecule has 22 heavy (non-hydrogen) atoms. The Kier molecular flexibility index (Phi) is 6.22. The van der Waals surface area contributed by atoms with Gasteiger partial charge in [-0.2, -0.15) is 0 Å². The highest BCUT2D eigenvalue weighted by atomic mass is 35.5. The lowest BCUT2D eigenvalue weighted by Crippen LogP contribution is -2.03. The number of ketones is 2. The van der Waals surface area contributed by atoms with Gasteiger partial charge >= 0.3 is 0 Å². The summed E-state index contributed by atoms with van der Waals surface area (Å²) in [6.45, 7) is 1.77. The summed E-state index contributed by atoms with van der Waals surface area (Å²) in [7, 11) is 0. The molecule has 2 heterocycles. The van der Waals surface area contributed by atoms with E-state index in [2.05, 4.69) is 0 Å². The number of thiophene rings is 2. The van der Waals surface area contributed by atoms with E-state index in [1.807, 2.05) is 0 Å². The Morgan fingerprint density at radius 1 is 0.773 bits per heavy atom. The molecule has 0 radical (unpaired) electrons. The molecule has 0 amide bonds. The van der Waals surface area contributed by atoms with E-state index < -0.39 is 0 Å². The van der Waals surface area contributed by atoms with Crippen LogP contribution in [0.1, 0.15) is 37.1 Å². The average molecular weight is 437 g/mol. The van der Waals surface area contributed by atoms with Gasteiger partial charge < -0.3 is 0 Å². The summed E-state index contributed by atoms with van der Waals surface area (Å²) >= 11 is 31.8. The first-order chi connectivity index (χ1) is 10.2. The molecule has 118 valence electrons. The Labute approximate surface area is 159 Å². The van der Waals surface area contributed by atoms with Gasteiger partial charge in [-0.3, -0.25) is 9.59 Å². The standard InChI is InChI=1S/C13H7Cl5O2S2/c1-4-7(14)8(15)11(21-4)5(19)2-3-6(20)12-9(16)10(17)13(18)22-12/h2-3H2,1H3. The van der Waals surface area contributed by atoms with E-state index in [0.29, 0.717) is 9.90 Å². The van der Waals surface area contributed by atoms with Crippen LogP contribution in [0.15, 0.2) is 0 Å². The van der Waals surface area contributed by atoms with Crippen molar-refractivity contribution in [1.82, 2.24) is 0 Å². The second kappa shape index (κ2) is 7.39. The first-order valence-electron chi connectivity index (χ1n) is 5.88. The van der Waals surface area contributed by atoms with Crippen LogP contribution < -0.4 is 0 Å². The van der Waals surface area contributed by atoms with Gasteiger partial charge in [0.25, 0.3) is 0 Å². The van der Waals surface area contributed by atoms with Crippen molar-refractivity contribution in [3.8, 4) is 0 Å². The third kappa shape index (κ3) is 3.64. The van der Waals surface area contributed by atoms with Gasteiger partial charge in [-0.25, -0.2) is 0 Å². The lowest BCUT2D eigenvalue weighted by molar-refractivity contribution is 0.0921. The van der Waals surface area contributed by atoms with Crippen LogP contribution in [0.3, 0.4) is 0 Å². The maximum absolute atomic E-state index is 12.2. The highest BCUT2D eigenvalue weighted by Gasteiger charge is 2.23. The van der Waals surface area contributed by atoms with Crippen molar-refractivity contribution in [2.75, 3.05) is 0 Å². The Bertz CT molecular complexity index is 699. The number of halogens is 5. The highest BCUT2D eigenvalue weighted by molar-refractivity contribution is 7.19. The Morgan fingerprint density at radius 2 is 1.23 bits per heavy atom. The monoisotopic (exact) mass is 434 g/mol. The molecule has 0 unspecified atom stereocenters. The Hall–Kier alpha value is 0.190. The van der Waals surface area contributed by atoms with Crippen molar-refractivity contribution in [3.63, 3.8) is 0 Å². The normalized spacial score (nSPS) is 11.0. The maximum Gasteiger partial charge on any atom is 0.174 e. The number of hydrogen-bond acceptors (Lipinski definition) is 4. The molecule has 0 aliphatic carbocycles. The van der Waals surface area contributed by atoms with E-state index in [-0.39, 0.29) is 48.7 Å². The van der Waals surface area contributed by atoms with E-state index in [0.717, 1.165) is 16.2 Å². The number of hydrogen-bond donors (Lipinski definition) is 0. The van der Waals surface area contributed by atoms with Crippen LogP contribution in [0.25, 0.3) is 0 Å². The number of rotatable bonds is 5. The number of aryl methyl sites for hydroxylation is 1. The second-order valence-corrected chi connectivity index (χ2v) is 8.65. The molecule has 0 saturated heterocycles. The summed E-state index contributed by atoms with van der Waals surface area (Å²) in [6, 6.07) is 0. The molecule has 9 heteroatoms. The summed E-state index contributed by atoms with van der Waals surface area (Å²) < 4.78 is 0.255. The van der Waals surface area contributed by atoms with Crippen molar-refractivity contribution in [2.45, 2.75) is 19.8 Å². The van der Waals surface area contributed by atoms with E-state index >= 15 is 0 Å². The Morgan fingerprint density at radius 3 is 1.59 bits per heavy atom. The molecule has 2 nitrogen and oxygen atoms in total. The number of carbonyl (C=O) groups is 2. The van der Waals surface area contributed by atoms with Crippen molar-refractivity contribution in [3.05, 3.63) is 39.1 Å². The molecule has 0 aliphatic heterocycles. The van der Waals surface area contributed by atoms with Gasteiger partial charge in [-0.15, -0.1) is 22.7 Å². The molecule has 2 aromatic rings. The summed E-state index contributed by atoms with van der Waals surface area (Å²) in [6.07, 6.45) is 0.00885. The van der Waals surface area contributed by atoms with Gasteiger partial charge in [0.2, 0.25) is 0 Å². The van der Waals surface area contributed by atoms with Crippen molar-refractivity contribution in [2.24, 2.45) is 0 Å². The van der Waals surface area contributed by atoms with Gasteiger partial charge in [0.1, 0.15) is 4.34 Å². The molecule has 0 saturated carbocycles. The van der Waals surface area contributed by atoms with Crippen LogP contribution in [0, 0.1) is 6.92 Å². The number of carbonyl (C=O) groups excluding carboxylic acids is 2. The first-order valence-corrected chi connectivity index (χ1v) is 9.40. The zero-order chi connectivity index (χ0) is 16.6. The lowest BCUT2D eigenvalue weighted by Gasteiger charge is -1.99. The van der Waals surface area contributed by atoms with Crippen LogP contribution in [0.2, 0.25) is 24.4 Å². The lowest BCUT2D eigenvalue weighted by atomic mass is 10.1. The predicted octanol–water partition coefficient (Wildman–Crippen LogP) is 7.23. The highest BCUT2D eigenvalue weighted by Crippen LogP contribution is 2.41. The van der Waals surface area contributed by atoms with Gasteiger partial charge in [0.05, 0.1) is 29.8 Å². The van der Waals surface area contributed by atoms with Gasteiger partial charge in [-0.1, -0.05) is 58.0 Å². The average Bonchev–Trinajstić information content (AvgIpc) is 2.89. The van der Waals surface area contributed by atoms with E-state index in [9.17, 15) is 9.59 Å². The van der Waals surface area contributed by atoms with Gasteiger partial charge in [0.15, 0.2) is 11.6 Å². The largest absolute Gasteiger partial charge is 0.293 e. The SMILES string of the molecule is Cc1sc(C(=O)CCC(=O)c2sc(Cl)c(Cl)c2Cl)c(Cl)c1Cl. The molecule has 0 bridgehead atoms. The molecule has 0 aliphatic rings. The molecule has 0 N–H and O–H groups in total. The molecule has 0 atom stereocenters. The second-order valence-electron chi connectivity index (χ2n) is 4.29. The quantitative estimate of drug-likeness (QED) is 0.463. The molecule has 0 aromatic carbocycles. The molecular formula is C13H7Cl5O2S2. The fourth-order valence-corrected chi connectivity index (χ4v) is 5.06.